The van der Waals surface area contributed by atoms with E-state index < -0.39 is 40.7 Å². The lowest BCUT2D eigenvalue weighted by Crippen LogP contribution is -2.16. The number of rotatable bonds is 7. The fourth-order valence-corrected chi connectivity index (χ4v) is 2.91. The molecule has 0 saturated heterocycles. The highest BCUT2D eigenvalue weighted by Gasteiger charge is 2.32. The van der Waals surface area contributed by atoms with Crippen molar-refractivity contribution in [3.05, 3.63) is 87.6 Å². The largest absolute Gasteiger partial charge is 0.456 e. The zero-order valence-corrected chi connectivity index (χ0v) is 16.8. The maximum absolute atomic E-state index is 13.7. The highest BCUT2D eigenvalue weighted by molar-refractivity contribution is 6.06. The van der Waals surface area contributed by atoms with Crippen LogP contribution >= 0.6 is 0 Å². The molecular formula is C22H17F4N3O4. The Bertz CT molecular complexity index is 1250. The quantitative estimate of drug-likeness (QED) is 0.460. The Morgan fingerprint density at radius 2 is 1.79 bits per heavy atom. The summed E-state index contributed by atoms with van der Waals surface area (Å²) in [5.74, 6) is -2.67. The molecule has 0 spiro atoms. The Morgan fingerprint density at radius 1 is 1.03 bits per heavy atom. The summed E-state index contributed by atoms with van der Waals surface area (Å²) in [5, 5.41) is 2.41. The summed E-state index contributed by atoms with van der Waals surface area (Å²) < 4.78 is 59.1. The number of primary amides is 1. The molecule has 0 aliphatic carbocycles. The Kier molecular flexibility index (Phi) is 6.80. The van der Waals surface area contributed by atoms with E-state index in [2.05, 4.69) is 10.3 Å². The Balaban J connectivity index is 2.01. The lowest BCUT2D eigenvalue weighted by atomic mass is 10.1. The van der Waals surface area contributed by atoms with Gasteiger partial charge in [0, 0.05) is 24.4 Å². The minimum atomic E-state index is -4.72. The van der Waals surface area contributed by atoms with Crippen LogP contribution in [0.15, 0.2) is 59.5 Å². The standard InChI is InChI=1S/C22H17F4N3O4/c23-14-3-5-17(12(9-14)1-6-19(27)30)33-18-10-13(22(24,25)26)2-4-16(18)21(32)29-15-7-8-28-20(31)11-15/h2-5,7-11H,1,6H2,(H2,27,30)(H2,28,29,31,32). The summed E-state index contributed by atoms with van der Waals surface area (Å²) in [7, 11) is 0. The first-order valence-electron chi connectivity index (χ1n) is 9.49. The molecule has 0 radical (unpaired) electrons. The molecular weight excluding hydrogens is 446 g/mol. The second kappa shape index (κ2) is 9.55. The van der Waals surface area contributed by atoms with Crippen molar-refractivity contribution in [2.24, 2.45) is 5.73 Å². The average molecular weight is 463 g/mol. The van der Waals surface area contributed by atoms with Gasteiger partial charge in [0.25, 0.3) is 5.91 Å². The molecule has 0 fully saturated rings. The van der Waals surface area contributed by atoms with E-state index in [1.54, 1.807) is 0 Å². The lowest BCUT2D eigenvalue weighted by Gasteiger charge is -2.16. The third-order valence-electron chi connectivity index (χ3n) is 4.47. The average Bonchev–Trinajstić information content (AvgIpc) is 2.73. The molecule has 2 amide bonds. The Labute approximate surface area is 184 Å². The molecule has 2 aromatic carbocycles. The van der Waals surface area contributed by atoms with Gasteiger partial charge in [-0.05, 0) is 54.4 Å². The number of alkyl halides is 3. The molecule has 33 heavy (non-hydrogen) atoms. The van der Waals surface area contributed by atoms with Crippen LogP contribution in [0, 0.1) is 5.82 Å². The number of benzene rings is 2. The molecule has 11 heteroatoms. The maximum atomic E-state index is 13.7. The molecule has 172 valence electrons. The van der Waals surface area contributed by atoms with Gasteiger partial charge in [0.05, 0.1) is 11.1 Å². The number of carbonyl (C=O) groups excluding carboxylic acids is 2. The SMILES string of the molecule is NC(=O)CCc1cc(F)ccc1Oc1cc(C(F)(F)F)ccc1C(=O)Nc1cc[nH]c(=O)c1. The summed E-state index contributed by atoms with van der Waals surface area (Å²) >= 11 is 0. The zero-order valence-electron chi connectivity index (χ0n) is 16.8. The van der Waals surface area contributed by atoms with Crippen LogP contribution in [-0.4, -0.2) is 16.8 Å². The van der Waals surface area contributed by atoms with Crippen LogP contribution in [0.3, 0.4) is 0 Å². The maximum Gasteiger partial charge on any atom is 0.416 e. The highest BCUT2D eigenvalue weighted by Crippen LogP contribution is 2.36. The van der Waals surface area contributed by atoms with Gasteiger partial charge in [-0.3, -0.25) is 14.4 Å². The number of amides is 2. The van der Waals surface area contributed by atoms with Crippen molar-refractivity contribution in [2.75, 3.05) is 5.32 Å². The van der Waals surface area contributed by atoms with E-state index in [1.807, 2.05) is 0 Å². The number of nitrogens with one attached hydrogen (secondary N) is 2. The number of hydrogen-bond donors (Lipinski definition) is 3. The van der Waals surface area contributed by atoms with Gasteiger partial charge < -0.3 is 20.8 Å². The van der Waals surface area contributed by atoms with E-state index in [9.17, 15) is 31.9 Å². The van der Waals surface area contributed by atoms with E-state index >= 15 is 0 Å². The highest BCUT2D eigenvalue weighted by atomic mass is 19.4. The van der Waals surface area contributed by atoms with Crippen molar-refractivity contribution in [3.63, 3.8) is 0 Å². The van der Waals surface area contributed by atoms with Gasteiger partial charge in [0.15, 0.2) is 0 Å². The van der Waals surface area contributed by atoms with Crippen molar-refractivity contribution < 1.29 is 31.9 Å². The third-order valence-corrected chi connectivity index (χ3v) is 4.47. The second-order valence-electron chi connectivity index (χ2n) is 6.92. The van der Waals surface area contributed by atoms with Crippen LogP contribution in [0.5, 0.6) is 11.5 Å². The molecule has 1 aromatic heterocycles. The van der Waals surface area contributed by atoms with Crippen molar-refractivity contribution in [3.8, 4) is 11.5 Å². The number of nitrogens with two attached hydrogens (primary N) is 1. The molecule has 0 unspecified atom stereocenters. The number of carbonyl (C=O) groups is 2. The fourth-order valence-electron chi connectivity index (χ4n) is 2.91. The number of anilines is 1. The molecule has 7 nitrogen and oxygen atoms in total. The van der Waals surface area contributed by atoms with Crippen molar-refractivity contribution in [1.29, 1.82) is 0 Å². The summed E-state index contributed by atoms with van der Waals surface area (Å²) in [5.41, 5.74) is 3.56. The molecule has 0 atom stereocenters. The van der Waals surface area contributed by atoms with Gasteiger partial charge in [0.2, 0.25) is 11.5 Å². The first-order valence-corrected chi connectivity index (χ1v) is 9.49. The number of H-pyrrole nitrogens is 1. The summed E-state index contributed by atoms with van der Waals surface area (Å²) in [6, 6.07) is 7.98. The van der Waals surface area contributed by atoms with Crippen LogP contribution in [-0.2, 0) is 17.4 Å². The van der Waals surface area contributed by atoms with Crippen LogP contribution in [0.25, 0.3) is 0 Å². The number of pyridine rings is 1. The van der Waals surface area contributed by atoms with Crippen LogP contribution in [0.4, 0.5) is 23.2 Å². The van der Waals surface area contributed by atoms with Gasteiger partial charge in [0.1, 0.15) is 17.3 Å². The van der Waals surface area contributed by atoms with Crippen LogP contribution in [0.2, 0.25) is 0 Å². The van der Waals surface area contributed by atoms with Gasteiger partial charge in [-0.1, -0.05) is 0 Å². The molecule has 3 aromatic rings. The van der Waals surface area contributed by atoms with Crippen LogP contribution in [0.1, 0.15) is 27.9 Å². The topological polar surface area (TPSA) is 114 Å². The number of aromatic amines is 1. The van der Waals surface area contributed by atoms with Crippen molar-refractivity contribution in [1.82, 2.24) is 4.98 Å². The predicted molar refractivity (Wildman–Crippen MR) is 110 cm³/mol. The minimum absolute atomic E-state index is 0.0320. The molecule has 1 heterocycles. The molecule has 4 N–H and O–H groups in total. The van der Waals surface area contributed by atoms with E-state index in [0.29, 0.717) is 12.1 Å². The number of aryl methyl sites for hydroxylation is 1. The normalized spacial score (nSPS) is 11.2. The van der Waals surface area contributed by atoms with E-state index in [1.165, 1.54) is 18.3 Å². The number of hydrogen-bond acceptors (Lipinski definition) is 4. The van der Waals surface area contributed by atoms with E-state index in [-0.39, 0.29) is 35.4 Å². The first-order chi connectivity index (χ1) is 15.5. The summed E-state index contributed by atoms with van der Waals surface area (Å²) in [4.78, 5) is 37.6. The molecule has 0 bridgehead atoms. The third kappa shape index (κ3) is 6.19. The number of aromatic nitrogens is 1. The molecule has 0 saturated carbocycles. The van der Waals surface area contributed by atoms with Crippen molar-refractivity contribution in [2.45, 2.75) is 19.0 Å². The zero-order chi connectivity index (χ0) is 24.2. The van der Waals surface area contributed by atoms with E-state index in [4.69, 9.17) is 10.5 Å². The minimum Gasteiger partial charge on any atom is -0.456 e. The molecule has 0 aliphatic rings. The van der Waals surface area contributed by atoms with Gasteiger partial charge in [-0.2, -0.15) is 13.2 Å². The Morgan fingerprint density at radius 3 is 2.45 bits per heavy atom. The van der Waals surface area contributed by atoms with E-state index in [0.717, 1.165) is 24.3 Å². The number of ether oxygens (including phenoxy) is 1. The summed E-state index contributed by atoms with van der Waals surface area (Å²) in [6.45, 7) is 0. The fraction of sp³-hybridized carbons (Fsp3) is 0.136. The predicted octanol–water partition coefficient (Wildman–Crippen LogP) is 4.00. The smallest absolute Gasteiger partial charge is 0.416 e. The lowest BCUT2D eigenvalue weighted by molar-refractivity contribution is -0.137. The monoisotopic (exact) mass is 463 g/mol. The van der Waals surface area contributed by atoms with Crippen LogP contribution < -0.4 is 21.3 Å². The first kappa shape index (κ1) is 23.5. The molecule has 3 rings (SSSR count). The summed E-state index contributed by atoms with van der Waals surface area (Å²) in [6.07, 6.45) is -3.63. The number of halogens is 4. The second-order valence-corrected chi connectivity index (χ2v) is 6.92. The van der Waals surface area contributed by atoms with Crippen molar-refractivity contribution >= 4 is 17.5 Å². The Hall–Kier alpha value is -4.15. The van der Waals surface area contributed by atoms with Gasteiger partial charge in [-0.15, -0.1) is 0 Å². The van der Waals surface area contributed by atoms with Gasteiger partial charge >= 0.3 is 6.18 Å². The molecule has 0 aliphatic heterocycles. The van der Waals surface area contributed by atoms with Gasteiger partial charge in [-0.25, -0.2) is 4.39 Å².